The van der Waals surface area contributed by atoms with Crippen LogP contribution in [0.5, 0.6) is 0 Å². The maximum atomic E-state index is 11.2. The van der Waals surface area contributed by atoms with Crippen molar-refractivity contribution in [3.05, 3.63) is 0 Å². The molecule has 0 aromatic rings. The molecule has 2 rings (SSSR count). The molecule has 0 bridgehead atoms. The van der Waals surface area contributed by atoms with E-state index in [0.717, 1.165) is 24.9 Å². The molecular formula is C19H39NO2. The van der Waals surface area contributed by atoms with E-state index in [4.69, 9.17) is 4.74 Å². The lowest BCUT2D eigenvalue weighted by molar-refractivity contribution is -0.0279. The summed E-state index contributed by atoms with van der Waals surface area (Å²) < 4.78 is 4.70. The summed E-state index contributed by atoms with van der Waals surface area (Å²) in [5.74, 6) is 1.78. The molecule has 2 aliphatic rings. The van der Waals surface area contributed by atoms with E-state index in [0.29, 0.717) is 5.41 Å². The van der Waals surface area contributed by atoms with Gasteiger partial charge in [-0.3, -0.25) is 0 Å². The van der Waals surface area contributed by atoms with E-state index in [1.807, 2.05) is 18.7 Å². The number of ether oxygens (including phenoxy) is 1. The number of rotatable bonds is 2. The number of hydrogen-bond donors (Lipinski definition) is 0. The van der Waals surface area contributed by atoms with Gasteiger partial charge in [0.1, 0.15) is 0 Å². The van der Waals surface area contributed by atoms with Crippen molar-refractivity contribution in [1.82, 2.24) is 4.90 Å². The molecule has 1 saturated carbocycles. The molecule has 0 atom stereocenters. The second-order valence-corrected chi connectivity index (χ2v) is 7.19. The summed E-state index contributed by atoms with van der Waals surface area (Å²) in [6.45, 7) is 14.9. The SMILES string of the molecule is CC.CCCC(C)C.COC(=O)N1CC2(CCC(C)CC2)C1. The average Bonchev–Trinajstić information content (AvgIpc) is 2.48. The average molecular weight is 314 g/mol. The Bertz CT molecular complexity index is 286. The summed E-state index contributed by atoms with van der Waals surface area (Å²) in [5.41, 5.74) is 0.459. The molecular weight excluding hydrogens is 274 g/mol. The van der Waals surface area contributed by atoms with Crippen LogP contribution in [0, 0.1) is 17.3 Å². The van der Waals surface area contributed by atoms with Crippen molar-refractivity contribution in [1.29, 1.82) is 0 Å². The number of carbonyl (C=O) groups is 1. The van der Waals surface area contributed by atoms with Gasteiger partial charge in [-0.2, -0.15) is 0 Å². The van der Waals surface area contributed by atoms with E-state index in [2.05, 4.69) is 27.7 Å². The zero-order chi connectivity index (χ0) is 17.2. The largest absolute Gasteiger partial charge is 0.453 e. The van der Waals surface area contributed by atoms with Crippen molar-refractivity contribution in [3.8, 4) is 0 Å². The fourth-order valence-electron chi connectivity index (χ4n) is 3.29. The first-order valence-corrected chi connectivity index (χ1v) is 9.25. The van der Waals surface area contributed by atoms with E-state index in [9.17, 15) is 4.79 Å². The van der Waals surface area contributed by atoms with Gasteiger partial charge >= 0.3 is 6.09 Å². The molecule has 1 spiro atoms. The smallest absolute Gasteiger partial charge is 0.409 e. The van der Waals surface area contributed by atoms with Crippen molar-refractivity contribution in [2.24, 2.45) is 17.3 Å². The molecule has 3 heteroatoms. The summed E-state index contributed by atoms with van der Waals surface area (Å²) in [6, 6.07) is 0. The molecule has 1 saturated heterocycles. The molecule has 2 fully saturated rings. The molecule has 0 unspecified atom stereocenters. The highest BCUT2D eigenvalue weighted by atomic mass is 16.5. The van der Waals surface area contributed by atoms with Crippen LogP contribution in [-0.4, -0.2) is 31.2 Å². The van der Waals surface area contributed by atoms with Crippen LogP contribution in [0.2, 0.25) is 0 Å². The Morgan fingerprint density at radius 2 is 1.73 bits per heavy atom. The zero-order valence-corrected chi connectivity index (χ0v) is 16.1. The summed E-state index contributed by atoms with van der Waals surface area (Å²) in [4.78, 5) is 13.0. The van der Waals surface area contributed by atoms with Crippen molar-refractivity contribution >= 4 is 6.09 Å². The quantitative estimate of drug-likeness (QED) is 0.651. The summed E-state index contributed by atoms with van der Waals surface area (Å²) in [6.07, 6.45) is 7.79. The molecule has 0 N–H and O–H groups in total. The summed E-state index contributed by atoms with van der Waals surface area (Å²) >= 11 is 0. The van der Waals surface area contributed by atoms with Gasteiger partial charge < -0.3 is 9.64 Å². The van der Waals surface area contributed by atoms with Crippen LogP contribution in [0.25, 0.3) is 0 Å². The maximum Gasteiger partial charge on any atom is 0.409 e. The Balaban J connectivity index is 0.000000470. The van der Waals surface area contributed by atoms with E-state index in [1.165, 1.54) is 45.6 Å². The van der Waals surface area contributed by atoms with E-state index in [1.54, 1.807) is 0 Å². The minimum Gasteiger partial charge on any atom is -0.453 e. The van der Waals surface area contributed by atoms with Gasteiger partial charge in [-0.05, 0) is 24.7 Å². The molecule has 0 aromatic carbocycles. The van der Waals surface area contributed by atoms with Gasteiger partial charge in [-0.1, -0.05) is 67.2 Å². The number of methoxy groups -OCH3 is 1. The molecule has 1 heterocycles. The lowest BCUT2D eigenvalue weighted by Gasteiger charge is -2.52. The Morgan fingerprint density at radius 3 is 2.05 bits per heavy atom. The molecule has 1 amide bonds. The number of hydrogen-bond acceptors (Lipinski definition) is 2. The fraction of sp³-hybridized carbons (Fsp3) is 0.947. The molecule has 0 aromatic heterocycles. The first-order chi connectivity index (χ1) is 10.4. The summed E-state index contributed by atoms with van der Waals surface area (Å²) in [5, 5.41) is 0. The normalized spacial score (nSPS) is 19.5. The molecule has 132 valence electrons. The minimum atomic E-state index is -0.158. The van der Waals surface area contributed by atoms with Crippen LogP contribution in [0.15, 0.2) is 0 Å². The van der Waals surface area contributed by atoms with Crippen LogP contribution in [0.3, 0.4) is 0 Å². The van der Waals surface area contributed by atoms with Gasteiger partial charge in [0.2, 0.25) is 0 Å². The standard InChI is InChI=1S/C11H19NO2.C6H14.C2H6/c1-9-3-5-11(6-4-9)7-12(8-11)10(13)14-2;1-4-5-6(2)3;1-2/h9H,3-8H2,1-2H3;6H,4-5H2,1-3H3;1-2H3. The Hall–Kier alpha value is -0.730. The van der Waals surface area contributed by atoms with Crippen LogP contribution >= 0.6 is 0 Å². The van der Waals surface area contributed by atoms with Gasteiger partial charge in [-0.15, -0.1) is 0 Å². The van der Waals surface area contributed by atoms with Crippen LogP contribution in [0.4, 0.5) is 4.79 Å². The molecule has 22 heavy (non-hydrogen) atoms. The molecule has 0 radical (unpaired) electrons. The molecule has 1 aliphatic carbocycles. The second kappa shape index (κ2) is 10.9. The van der Waals surface area contributed by atoms with Gasteiger partial charge in [0.25, 0.3) is 0 Å². The van der Waals surface area contributed by atoms with Crippen LogP contribution in [-0.2, 0) is 4.74 Å². The Kier molecular flexibility index (Phi) is 10.5. The third kappa shape index (κ3) is 7.02. The molecule has 3 nitrogen and oxygen atoms in total. The van der Waals surface area contributed by atoms with Crippen molar-refractivity contribution in [2.45, 2.75) is 80.1 Å². The third-order valence-electron chi connectivity index (χ3n) is 4.69. The predicted octanol–water partition coefficient (Wildman–Crippen LogP) is 5.73. The highest BCUT2D eigenvalue weighted by molar-refractivity contribution is 5.68. The Morgan fingerprint density at radius 1 is 1.23 bits per heavy atom. The van der Waals surface area contributed by atoms with Gasteiger partial charge in [0.05, 0.1) is 7.11 Å². The van der Waals surface area contributed by atoms with Crippen molar-refractivity contribution < 1.29 is 9.53 Å². The van der Waals surface area contributed by atoms with Crippen LogP contribution < -0.4 is 0 Å². The van der Waals surface area contributed by atoms with Crippen molar-refractivity contribution in [3.63, 3.8) is 0 Å². The first kappa shape index (κ1) is 21.3. The van der Waals surface area contributed by atoms with Crippen LogP contribution in [0.1, 0.15) is 80.1 Å². The predicted molar refractivity (Wildman–Crippen MR) is 95.1 cm³/mol. The lowest BCUT2D eigenvalue weighted by atomic mass is 9.66. The fourth-order valence-corrected chi connectivity index (χ4v) is 3.29. The molecule has 1 aliphatic heterocycles. The van der Waals surface area contributed by atoms with Gasteiger partial charge in [-0.25, -0.2) is 4.79 Å². The van der Waals surface area contributed by atoms with E-state index in [-0.39, 0.29) is 6.09 Å². The highest BCUT2D eigenvalue weighted by Crippen LogP contribution is 2.45. The third-order valence-corrected chi connectivity index (χ3v) is 4.69. The van der Waals surface area contributed by atoms with Gasteiger partial charge in [0, 0.05) is 18.5 Å². The maximum absolute atomic E-state index is 11.2. The Labute approximate surface area is 138 Å². The number of carbonyl (C=O) groups excluding carboxylic acids is 1. The monoisotopic (exact) mass is 313 g/mol. The lowest BCUT2D eigenvalue weighted by Crippen LogP contribution is -2.59. The number of amides is 1. The number of likely N-dealkylation sites (tertiary alicyclic amines) is 1. The van der Waals surface area contributed by atoms with E-state index < -0.39 is 0 Å². The van der Waals surface area contributed by atoms with Crippen molar-refractivity contribution in [2.75, 3.05) is 20.2 Å². The topological polar surface area (TPSA) is 29.5 Å². The first-order valence-electron chi connectivity index (χ1n) is 9.25. The highest BCUT2D eigenvalue weighted by Gasteiger charge is 2.46. The second-order valence-electron chi connectivity index (χ2n) is 7.19. The van der Waals surface area contributed by atoms with E-state index >= 15 is 0 Å². The number of nitrogens with zero attached hydrogens (tertiary/aromatic N) is 1. The van der Waals surface area contributed by atoms with Gasteiger partial charge in [0.15, 0.2) is 0 Å². The minimum absolute atomic E-state index is 0.158. The zero-order valence-electron chi connectivity index (χ0n) is 16.1. The summed E-state index contributed by atoms with van der Waals surface area (Å²) in [7, 11) is 1.45.